The summed E-state index contributed by atoms with van der Waals surface area (Å²) in [6.07, 6.45) is -3.99. The van der Waals surface area contributed by atoms with E-state index < -0.39 is 12.0 Å². The van der Waals surface area contributed by atoms with Crippen LogP contribution in [0.25, 0.3) is 0 Å². The summed E-state index contributed by atoms with van der Waals surface area (Å²) in [5.41, 5.74) is 0.674. The fourth-order valence-electron chi connectivity index (χ4n) is 1.64. The molecule has 3 nitrogen and oxygen atoms in total. The molecule has 2 aromatic rings. The molecular weight excluding hydrogens is 300 g/mol. The van der Waals surface area contributed by atoms with Gasteiger partial charge < -0.3 is 10.1 Å². The second-order valence-electron chi connectivity index (χ2n) is 4.35. The van der Waals surface area contributed by atoms with Gasteiger partial charge in [0.1, 0.15) is 5.75 Å². The average Bonchev–Trinajstić information content (AvgIpc) is 2.43. The minimum atomic E-state index is -3.99. The van der Waals surface area contributed by atoms with Crippen LogP contribution < -0.4 is 10.1 Å². The molecule has 0 saturated heterocycles. The second kappa shape index (κ2) is 6.10. The fourth-order valence-corrected chi connectivity index (χ4v) is 1.86. The van der Waals surface area contributed by atoms with Crippen molar-refractivity contribution in [2.75, 3.05) is 5.32 Å². The molecule has 0 aliphatic carbocycles. The van der Waals surface area contributed by atoms with Crippen LogP contribution in [0.15, 0.2) is 48.5 Å². The van der Waals surface area contributed by atoms with Gasteiger partial charge in [0.15, 0.2) is 0 Å². The number of hydrogen-bond donors (Lipinski definition) is 1. The normalized spacial score (nSPS) is 11.0. The van der Waals surface area contributed by atoms with Gasteiger partial charge >= 0.3 is 12.0 Å². The largest absolute Gasteiger partial charge is 0.482 e. The fraction of sp³-hybridized carbons (Fsp3) is 0.133. The first-order valence-electron chi connectivity index (χ1n) is 6.08. The van der Waals surface area contributed by atoms with Gasteiger partial charge in [-0.25, -0.2) is 0 Å². The zero-order valence-electron chi connectivity index (χ0n) is 11.1. The Kier molecular flexibility index (Phi) is 4.43. The molecule has 0 atom stereocenters. The highest BCUT2D eigenvalue weighted by Crippen LogP contribution is 2.28. The number of alkyl halides is 2. The summed E-state index contributed by atoms with van der Waals surface area (Å²) in [7, 11) is 0. The SMILES string of the molecule is Cc1cc(Cl)ccc1OC(F)(F)C(=O)Nc1ccccc1. The summed E-state index contributed by atoms with van der Waals surface area (Å²) < 4.78 is 32.1. The lowest BCUT2D eigenvalue weighted by molar-refractivity contribution is -0.187. The Morgan fingerprint density at radius 2 is 1.86 bits per heavy atom. The Labute approximate surface area is 125 Å². The Morgan fingerprint density at radius 1 is 1.19 bits per heavy atom. The Balaban J connectivity index is 2.12. The number of halogens is 3. The van der Waals surface area contributed by atoms with Gasteiger partial charge in [-0.3, -0.25) is 4.79 Å². The Hall–Kier alpha value is -2.14. The molecule has 0 saturated carbocycles. The molecule has 0 unspecified atom stereocenters. The predicted octanol–water partition coefficient (Wildman–Crippen LogP) is 4.26. The zero-order valence-corrected chi connectivity index (χ0v) is 11.8. The molecule has 0 aliphatic rings. The van der Waals surface area contributed by atoms with Crippen molar-refractivity contribution in [2.24, 2.45) is 0 Å². The van der Waals surface area contributed by atoms with Gasteiger partial charge in [0.2, 0.25) is 0 Å². The number of benzene rings is 2. The van der Waals surface area contributed by atoms with Crippen molar-refractivity contribution in [1.82, 2.24) is 0 Å². The van der Waals surface area contributed by atoms with Crippen molar-refractivity contribution in [3.63, 3.8) is 0 Å². The van der Waals surface area contributed by atoms with Crippen molar-refractivity contribution in [3.8, 4) is 5.75 Å². The molecule has 0 fully saturated rings. The zero-order chi connectivity index (χ0) is 15.5. The summed E-state index contributed by atoms with van der Waals surface area (Å²) in [6, 6.07) is 12.1. The van der Waals surface area contributed by atoms with Gasteiger partial charge in [-0.05, 0) is 42.8 Å². The predicted molar refractivity (Wildman–Crippen MR) is 76.8 cm³/mol. The van der Waals surface area contributed by atoms with Crippen LogP contribution >= 0.6 is 11.6 Å². The Bertz CT molecular complexity index is 647. The number of carbonyl (C=O) groups is 1. The van der Waals surface area contributed by atoms with Gasteiger partial charge in [-0.15, -0.1) is 0 Å². The molecule has 2 rings (SSSR count). The van der Waals surface area contributed by atoms with E-state index >= 15 is 0 Å². The van der Waals surface area contributed by atoms with Crippen LogP contribution in [0, 0.1) is 6.92 Å². The van der Waals surface area contributed by atoms with E-state index in [9.17, 15) is 13.6 Å². The number of amides is 1. The van der Waals surface area contributed by atoms with Crippen LogP contribution in [0.2, 0.25) is 5.02 Å². The molecule has 0 aliphatic heterocycles. The molecule has 1 N–H and O–H groups in total. The van der Waals surface area contributed by atoms with E-state index in [4.69, 9.17) is 11.6 Å². The van der Waals surface area contributed by atoms with Gasteiger partial charge in [0, 0.05) is 10.7 Å². The van der Waals surface area contributed by atoms with Crippen molar-refractivity contribution in [3.05, 3.63) is 59.1 Å². The van der Waals surface area contributed by atoms with Crippen molar-refractivity contribution >= 4 is 23.2 Å². The molecule has 0 spiro atoms. The summed E-state index contributed by atoms with van der Waals surface area (Å²) >= 11 is 5.74. The highest BCUT2D eigenvalue weighted by atomic mass is 35.5. The van der Waals surface area contributed by atoms with E-state index in [0.717, 1.165) is 0 Å². The van der Waals surface area contributed by atoms with E-state index in [0.29, 0.717) is 10.6 Å². The summed E-state index contributed by atoms with van der Waals surface area (Å²) in [4.78, 5) is 11.6. The lowest BCUT2D eigenvalue weighted by atomic mass is 10.2. The first-order chi connectivity index (χ1) is 9.88. The summed E-state index contributed by atoms with van der Waals surface area (Å²) in [5, 5.41) is 2.49. The number of rotatable bonds is 4. The third-order valence-electron chi connectivity index (χ3n) is 2.67. The van der Waals surface area contributed by atoms with Crippen LogP contribution in [0.1, 0.15) is 5.56 Å². The first-order valence-corrected chi connectivity index (χ1v) is 6.46. The standard InChI is InChI=1S/C15H12ClF2NO2/c1-10-9-11(16)7-8-13(10)21-15(17,18)14(20)19-12-5-3-2-4-6-12/h2-9H,1H3,(H,19,20). The number of anilines is 1. The number of aryl methyl sites for hydroxylation is 1. The molecule has 21 heavy (non-hydrogen) atoms. The Morgan fingerprint density at radius 3 is 2.48 bits per heavy atom. The number of hydrogen-bond acceptors (Lipinski definition) is 2. The maximum absolute atomic E-state index is 13.8. The molecule has 0 bridgehead atoms. The van der Waals surface area contributed by atoms with Crippen molar-refractivity contribution < 1.29 is 18.3 Å². The molecule has 0 heterocycles. The summed E-state index contributed by atoms with van der Waals surface area (Å²) in [6.45, 7) is 1.56. The van der Waals surface area contributed by atoms with Crippen molar-refractivity contribution in [1.29, 1.82) is 0 Å². The van der Waals surface area contributed by atoms with Crippen LogP contribution in [0.3, 0.4) is 0 Å². The highest BCUT2D eigenvalue weighted by Gasteiger charge is 2.42. The van der Waals surface area contributed by atoms with E-state index in [1.165, 1.54) is 30.3 Å². The molecule has 1 amide bonds. The van der Waals surface area contributed by atoms with Gasteiger partial charge in [0.05, 0.1) is 0 Å². The van der Waals surface area contributed by atoms with E-state index in [1.54, 1.807) is 25.1 Å². The van der Waals surface area contributed by atoms with Crippen LogP contribution in [0.4, 0.5) is 14.5 Å². The van der Waals surface area contributed by atoms with Gasteiger partial charge in [-0.2, -0.15) is 8.78 Å². The van der Waals surface area contributed by atoms with Gasteiger partial charge in [-0.1, -0.05) is 29.8 Å². The minimum absolute atomic E-state index is 0.104. The highest BCUT2D eigenvalue weighted by molar-refractivity contribution is 6.30. The van der Waals surface area contributed by atoms with Crippen molar-refractivity contribution in [2.45, 2.75) is 13.0 Å². The lowest BCUT2D eigenvalue weighted by Gasteiger charge is -2.18. The molecule has 110 valence electrons. The third kappa shape index (κ3) is 3.92. The van der Waals surface area contributed by atoms with Crippen LogP contribution in [0.5, 0.6) is 5.75 Å². The number of carbonyl (C=O) groups excluding carboxylic acids is 1. The number of ether oxygens (including phenoxy) is 1. The average molecular weight is 312 g/mol. The van der Waals surface area contributed by atoms with Crippen LogP contribution in [-0.4, -0.2) is 12.0 Å². The summed E-state index contributed by atoms with van der Waals surface area (Å²) in [5.74, 6) is -1.64. The topological polar surface area (TPSA) is 38.3 Å². The molecular formula is C15H12ClF2NO2. The van der Waals surface area contributed by atoms with E-state index in [1.807, 2.05) is 0 Å². The maximum atomic E-state index is 13.8. The molecule has 0 aromatic heterocycles. The monoisotopic (exact) mass is 311 g/mol. The third-order valence-corrected chi connectivity index (χ3v) is 2.91. The molecule has 6 heteroatoms. The van der Waals surface area contributed by atoms with Gasteiger partial charge in [0.25, 0.3) is 0 Å². The number of nitrogens with one attached hydrogen (secondary N) is 1. The van der Waals surface area contributed by atoms with E-state index in [2.05, 4.69) is 10.1 Å². The quantitative estimate of drug-likeness (QED) is 0.916. The molecule has 0 radical (unpaired) electrons. The maximum Gasteiger partial charge on any atom is 0.482 e. The smallest absolute Gasteiger partial charge is 0.425 e. The molecule has 2 aromatic carbocycles. The number of para-hydroxylation sites is 1. The lowest BCUT2D eigenvalue weighted by Crippen LogP contribution is -2.40. The second-order valence-corrected chi connectivity index (χ2v) is 4.79. The van der Waals surface area contributed by atoms with Crippen LogP contribution in [-0.2, 0) is 4.79 Å². The van der Waals surface area contributed by atoms with E-state index in [-0.39, 0.29) is 11.4 Å². The first kappa shape index (κ1) is 15.3. The minimum Gasteiger partial charge on any atom is -0.425 e.